The summed E-state index contributed by atoms with van der Waals surface area (Å²) >= 11 is 6.12. The van der Waals surface area contributed by atoms with Crippen molar-refractivity contribution in [2.75, 3.05) is 46.5 Å². The lowest BCUT2D eigenvalue weighted by Crippen LogP contribution is -2.47. The summed E-state index contributed by atoms with van der Waals surface area (Å²) in [5.74, 6) is 2.14. The van der Waals surface area contributed by atoms with Crippen LogP contribution in [-0.4, -0.2) is 79.9 Å². The lowest BCUT2D eigenvalue weighted by molar-refractivity contribution is 0.0556. The molecule has 1 aliphatic heterocycles. The fourth-order valence-electron chi connectivity index (χ4n) is 3.75. The molecule has 7 nitrogen and oxygen atoms in total. The standard InChI is InChI=1S/C25H35ClN2O5/c1-18-3-4-24(13-25(18)26)33-17-21(30)15-28-11-9-19(10-12-28)27-14-20(29)16-32-23-7-5-22(31-2)6-8-23/h3-8,13,19-21,27,29-30H,9-12,14-17H2,1-2H3/t20-,21+/m1/s1. The Balaban J connectivity index is 1.27. The first-order valence-corrected chi connectivity index (χ1v) is 11.8. The average Bonchev–Trinajstić information content (AvgIpc) is 2.83. The number of piperidine rings is 1. The zero-order valence-corrected chi connectivity index (χ0v) is 20.1. The predicted octanol–water partition coefficient (Wildman–Crippen LogP) is 2.89. The van der Waals surface area contributed by atoms with Crippen molar-refractivity contribution in [2.24, 2.45) is 0 Å². The Bertz CT molecular complexity index is 843. The minimum Gasteiger partial charge on any atom is -0.497 e. The van der Waals surface area contributed by atoms with Crippen LogP contribution in [0.1, 0.15) is 18.4 Å². The van der Waals surface area contributed by atoms with Gasteiger partial charge in [-0.05, 0) is 74.8 Å². The topological polar surface area (TPSA) is 83.4 Å². The van der Waals surface area contributed by atoms with Gasteiger partial charge >= 0.3 is 0 Å². The summed E-state index contributed by atoms with van der Waals surface area (Å²) < 4.78 is 16.4. The second-order valence-corrected chi connectivity index (χ2v) is 8.91. The van der Waals surface area contributed by atoms with Gasteiger partial charge in [-0.25, -0.2) is 0 Å². The number of β-amino-alcohol motifs (C(OH)–C–C–N with tert-alkyl or cyclic N) is 1. The van der Waals surface area contributed by atoms with Crippen molar-refractivity contribution in [2.45, 2.75) is 38.0 Å². The fraction of sp³-hybridized carbons (Fsp3) is 0.520. The number of hydrogen-bond acceptors (Lipinski definition) is 7. The smallest absolute Gasteiger partial charge is 0.120 e. The van der Waals surface area contributed by atoms with Gasteiger partial charge in [0.25, 0.3) is 0 Å². The van der Waals surface area contributed by atoms with Crippen LogP contribution in [0.5, 0.6) is 17.2 Å². The molecule has 33 heavy (non-hydrogen) atoms. The molecular formula is C25H35ClN2O5. The number of aryl methyl sites for hydroxylation is 1. The summed E-state index contributed by atoms with van der Waals surface area (Å²) in [6.45, 7) is 5.25. The number of nitrogens with zero attached hydrogens (tertiary/aromatic N) is 1. The van der Waals surface area contributed by atoms with Crippen molar-refractivity contribution in [1.29, 1.82) is 0 Å². The average molecular weight is 479 g/mol. The maximum Gasteiger partial charge on any atom is 0.120 e. The van der Waals surface area contributed by atoms with E-state index in [9.17, 15) is 10.2 Å². The first kappa shape index (κ1) is 25.6. The lowest BCUT2D eigenvalue weighted by Gasteiger charge is -2.33. The van der Waals surface area contributed by atoms with Crippen LogP contribution in [0.15, 0.2) is 42.5 Å². The molecule has 2 aromatic carbocycles. The van der Waals surface area contributed by atoms with Gasteiger partial charge in [0.15, 0.2) is 0 Å². The largest absolute Gasteiger partial charge is 0.497 e. The first-order chi connectivity index (χ1) is 15.9. The van der Waals surface area contributed by atoms with Gasteiger partial charge < -0.3 is 34.6 Å². The summed E-state index contributed by atoms with van der Waals surface area (Å²) in [6.07, 6.45) is 0.784. The number of aliphatic hydroxyl groups excluding tert-OH is 2. The molecule has 0 unspecified atom stereocenters. The van der Waals surface area contributed by atoms with Crippen molar-refractivity contribution in [3.63, 3.8) is 0 Å². The van der Waals surface area contributed by atoms with E-state index in [0.717, 1.165) is 37.2 Å². The molecule has 0 bridgehead atoms. The van der Waals surface area contributed by atoms with E-state index in [1.165, 1.54) is 0 Å². The second kappa shape index (κ2) is 13.0. The fourth-order valence-corrected chi connectivity index (χ4v) is 3.92. The number of nitrogens with one attached hydrogen (secondary N) is 1. The molecule has 182 valence electrons. The van der Waals surface area contributed by atoms with Gasteiger partial charge in [0.2, 0.25) is 0 Å². The second-order valence-electron chi connectivity index (χ2n) is 8.50. The molecule has 8 heteroatoms. The number of likely N-dealkylation sites (tertiary alicyclic amines) is 1. The number of benzene rings is 2. The first-order valence-electron chi connectivity index (χ1n) is 11.4. The third kappa shape index (κ3) is 8.68. The summed E-state index contributed by atoms with van der Waals surface area (Å²) in [6, 6.07) is 13.2. The Hall–Kier alpha value is -2.03. The molecular weight excluding hydrogens is 444 g/mol. The monoisotopic (exact) mass is 478 g/mol. The SMILES string of the molecule is COc1ccc(OC[C@H](O)CNC2CCN(C[C@H](O)COc3ccc(C)c(Cl)c3)CC2)cc1. The Kier molecular flexibility index (Phi) is 10.1. The van der Waals surface area contributed by atoms with Crippen molar-refractivity contribution in [3.8, 4) is 17.2 Å². The Morgan fingerprint density at radius 2 is 1.58 bits per heavy atom. The van der Waals surface area contributed by atoms with E-state index < -0.39 is 12.2 Å². The van der Waals surface area contributed by atoms with Crippen LogP contribution in [0.2, 0.25) is 5.02 Å². The highest BCUT2D eigenvalue weighted by Crippen LogP contribution is 2.22. The Morgan fingerprint density at radius 1 is 0.970 bits per heavy atom. The minimum absolute atomic E-state index is 0.233. The molecule has 1 fully saturated rings. The van der Waals surface area contributed by atoms with Gasteiger partial charge in [0.05, 0.1) is 7.11 Å². The van der Waals surface area contributed by atoms with Crippen LogP contribution in [-0.2, 0) is 0 Å². The highest BCUT2D eigenvalue weighted by molar-refractivity contribution is 6.31. The van der Waals surface area contributed by atoms with Gasteiger partial charge in [-0.1, -0.05) is 17.7 Å². The highest BCUT2D eigenvalue weighted by atomic mass is 35.5. The number of methoxy groups -OCH3 is 1. The molecule has 2 atom stereocenters. The molecule has 0 spiro atoms. The van der Waals surface area contributed by atoms with E-state index in [4.69, 9.17) is 25.8 Å². The van der Waals surface area contributed by atoms with E-state index in [-0.39, 0.29) is 13.2 Å². The normalized spacial score (nSPS) is 16.9. The molecule has 1 aliphatic rings. The third-order valence-corrected chi connectivity index (χ3v) is 6.19. The van der Waals surface area contributed by atoms with Crippen LogP contribution < -0.4 is 19.5 Å². The van der Waals surface area contributed by atoms with Crippen molar-refractivity contribution < 1.29 is 24.4 Å². The predicted molar refractivity (Wildman–Crippen MR) is 130 cm³/mol. The van der Waals surface area contributed by atoms with Gasteiger partial charge in [0.1, 0.15) is 42.7 Å². The van der Waals surface area contributed by atoms with Gasteiger partial charge in [0, 0.05) is 24.2 Å². The van der Waals surface area contributed by atoms with E-state index in [0.29, 0.717) is 35.7 Å². The highest BCUT2D eigenvalue weighted by Gasteiger charge is 2.21. The number of halogens is 1. The van der Waals surface area contributed by atoms with Crippen LogP contribution in [0.3, 0.4) is 0 Å². The third-order valence-electron chi connectivity index (χ3n) is 5.79. The Labute approximate surface area is 201 Å². The van der Waals surface area contributed by atoms with E-state index in [1.807, 2.05) is 43.3 Å². The van der Waals surface area contributed by atoms with E-state index >= 15 is 0 Å². The summed E-state index contributed by atoms with van der Waals surface area (Å²) in [5.41, 5.74) is 0.998. The summed E-state index contributed by atoms with van der Waals surface area (Å²) in [5, 5.41) is 24.7. The molecule has 0 saturated carbocycles. The van der Waals surface area contributed by atoms with Crippen molar-refractivity contribution in [1.82, 2.24) is 10.2 Å². The Morgan fingerprint density at radius 3 is 2.24 bits per heavy atom. The summed E-state index contributed by atoms with van der Waals surface area (Å²) in [7, 11) is 1.62. The molecule has 2 aromatic rings. The molecule has 0 aromatic heterocycles. The number of hydrogen-bond donors (Lipinski definition) is 3. The maximum absolute atomic E-state index is 10.3. The maximum atomic E-state index is 10.3. The molecule has 0 radical (unpaired) electrons. The van der Waals surface area contributed by atoms with Crippen LogP contribution in [0, 0.1) is 6.92 Å². The van der Waals surface area contributed by atoms with Crippen LogP contribution >= 0.6 is 11.6 Å². The van der Waals surface area contributed by atoms with Gasteiger partial charge in [-0.15, -0.1) is 0 Å². The molecule has 3 N–H and O–H groups in total. The van der Waals surface area contributed by atoms with Crippen molar-refractivity contribution >= 4 is 11.6 Å². The van der Waals surface area contributed by atoms with Gasteiger partial charge in [-0.3, -0.25) is 0 Å². The van der Waals surface area contributed by atoms with Crippen molar-refractivity contribution in [3.05, 3.63) is 53.1 Å². The van der Waals surface area contributed by atoms with E-state index in [1.54, 1.807) is 13.2 Å². The zero-order valence-electron chi connectivity index (χ0n) is 19.4. The van der Waals surface area contributed by atoms with Gasteiger partial charge in [-0.2, -0.15) is 0 Å². The molecule has 0 aliphatic carbocycles. The van der Waals surface area contributed by atoms with Crippen LogP contribution in [0.25, 0.3) is 0 Å². The summed E-state index contributed by atoms with van der Waals surface area (Å²) in [4.78, 5) is 2.25. The van der Waals surface area contributed by atoms with E-state index in [2.05, 4.69) is 10.2 Å². The van der Waals surface area contributed by atoms with Crippen LogP contribution in [0.4, 0.5) is 0 Å². The quantitative estimate of drug-likeness (QED) is 0.432. The minimum atomic E-state index is -0.584. The number of aliphatic hydroxyl groups is 2. The lowest BCUT2D eigenvalue weighted by atomic mass is 10.0. The zero-order chi connectivity index (χ0) is 23.6. The molecule has 3 rings (SSSR count). The number of rotatable bonds is 12. The number of ether oxygens (including phenoxy) is 3. The molecule has 1 heterocycles. The molecule has 0 amide bonds. The molecule has 1 saturated heterocycles.